The van der Waals surface area contributed by atoms with E-state index < -0.39 is 23.6 Å². The molecule has 0 bridgehead atoms. The molecule has 0 radical (unpaired) electrons. The number of alkyl carbamates (subject to hydrolysis) is 1. The number of aliphatic hydroxyl groups is 1. The number of aliphatic hydroxyl groups excluding tert-OH is 1. The number of pyridine rings is 1. The molecule has 1 amide bonds. The van der Waals surface area contributed by atoms with Crippen molar-refractivity contribution in [2.24, 2.45) is 5.10 Å². The number of nitrogens with one attached hydrogen (secondary N) is 2. The van der Waals surface area contributed by atoms with Crippen LogP contribution in [0.15, 0.2) is 41.6 Å². The second kappa shape index (κ2) is 10.2. The number of ether oxygens (including phenoxy) is 2. The molecule has 1 aliphatic rings. The number of amides is 1. The molecule has 1 unspecified atom stereocenters. The molecule has 33 heavy (non-hydrogen) atoms. The van der Waals surface area contributed by atoms with Crippen LogP contribution in [0.3, 0.4) is 0 Å². The van der Waals surface area contributed by atoms with Crippen LogP contribution < -0.4 is 20.7 Å². The maximum Gasteiger partial charge on any atom is 0.407 e. The fraction of sp³-hybridized carbons (Fsp3) is 0.381. The Kier molecular flexibility index (Phi) is 7.57. The Hall–Kier alpha value is -3.15. The number of benzene rings is 1. The Bertz CT molecular complexity index is 1010. The number of amidine groups is 1. The fourth-order valence-corrected chi connectivity index (χ4v) is 2.94. The van der Waals surface area contributed by atoms with Crippen LogP contribution in [0.5, 0.6) is 11.6 Å². The second-order valence-electron chi connectivity index (χ2n) is 8.25. The lowest BCUT2D eigenvalue weighted by molar-refractivity contribution is 0.0484. The SMILES string of the molecule is CN1NN(c2ccc(Oc3ncc(Cl)cc3F)cc2)N=C1CC(CO)NC(=O)OC(C)(C)C. The van der Waals surface area contributed by atoms with Crippen molar-refractivity contribution >= 4 is 29.2 Å². The average Bonchev–Trinajstić information content (AvgIpc) is 3.09. The lowest BCUT2D eigenvalue weighted by Crippen LogP contribution is -2.45. The van der Waals surface area contributed by atoms with Gasteiger partial charge in [0.25, 0.3) is 5.88 Å². The minimum atomic E-state index is -0.665. The third kappa shape index (κ3) is 6.91. The van der Waals surface area contributed by atoms with Gasteiger partial charge in [-0.1, -0.05) is 11.6 Å². The van der Waals surface area contributed by atoms with Gasteiger partial charge >= 0.3 is 6.09 Å². The van der Waals surface area contributed by atoms with Crippen LogP contribution in [0.1, 0.15) is 27.2 Å². The van der Waals surface area contributed by atoms with E-state index in [2.05, 4.69) is 20.9 Å². The van der Waals surface area contributed by atoms with Crippen LogP contribution in [-0.4, -0.2) is 52.3 Å². The van der Waals surface area contributed by atoms with E-state index >= 15 is 0 Å². The summed E-state index contributed by atoms with van der Waals surface area (Å²) in [5.74, 6) is 0.116. The largest absolute Gasteiger partial charge is 0.444 e. The molecule has 2 heterocycles. The van der Waals surface area contributed by atoms with Gasteiger partial charge in [-0.15, -0.1) is 10.6 Å². The molecule has 10 nitrogen and oxygen atoms in total. The minimum absolute atomic E-state index is 0.179. The number of hydrogen-bond acceptors (Lipinski definition) is 9. The molecule has 1 atom stereocenters. The van der Waals surface area contributed by atoms with Crippen LogP contribution in [0.2, 0.25) is 5.02 Å². The number of halogens is 2. The Morgan fingerprint density at radius 3 is 2.64 bits per heavy atom. The molecule has 0 fully saturated rings. The summed E-state index contributed by atoms with van der Waals surface area (Å²) in [5, 5.41) is 20.1. The molecule has 178 valence electrons. The molecule has 0 spiro atoms. The van der Waals surface area contributed by atoms with Crippen molar-refractivity contribution in [3.8, 4) is 11.6 Å². The van der Waals surface area contributed by atoms with Crippen LogP contribution in [-0.2, 0) is 4.74 Å². The van der Waals surface area contributed by atoms with Gasteiger partial charge < -0.3 is 19.9 Å². The molecule has 0 saturated heterocycles. The number of anilines is 1. The lowest BCUT2D eigenvalue weighted by Gasteiger charge is -2.23. The Morgan fingerprint density at radius 1 is 1.33 bits per heavy atom. The van der Waals surface area contributed by atoms with Gasteiger partial charge in [0.15, 0.2) is 5.82 Å². The fourth-order valence-electron chi connectivity index (χ4n) is 2.80. The van der Waals surface area contributed by atoms with Gasteiger partial charge in [-0.25, -0.2) is 14.2 Å². The molecule has 0 aliphatic carbocycles. The van der Waals surface area contributed by atoms with Crippen molar-refractivity contribution in [3.63, 3.8) is 0 Å². The zero-order valence-electron chi connectivity index (χ0n) is 18.7. The van der Waals surface area contributed by atoms with Gasteiger partial charge in [0.1, 0.15) is 17.2 Å². The maximum absolute atomic E-state index is 13.9. The first kappa shape index (κ1) is 24.5. The Labute approximate surface area is 195 Å². The second-order valence-corrected chi connectivity index (χ2v) is 8.69. The lowest BCUT2D eigenvalue weighted by atomic mass is 10.2. The molecular weight excluding hydrogens is 455 g/mol. The number of carbonyl (C=O) groups is 1. The number of aromatic nitrogens is 1. The quantitative estimate of drug-likeness (QED) is 0.552. The summed E-state index contributed by atoms with van der Waals surface area (Å²) >= 11 is 5.70. The zero-order chi connectivity index (χ0) is 24.2. The van der Waals surface area contributed by atoms with E-state index in [-0.39, 0.29) is 23.9 Å². The number of carbonyl (C=O) groups excluding carboxylic acids is 1. The van der Waals surface area contributed by atoms with Gasteiger partial charge in [0, 0.05) is 19.7 Å². The highest BCUT2D eigenvalue weighted by atomic mass is 35.5. The summed E-state index contributed by atoms with van der Waals surface area (Å²) in [6.45, 7) is 5.00. The predicted octanol–water partition coefficient (Wildman–Crippen LogP) is 3.43. The van der Waals surface area contributed by atoms with E-state index in [9.17, 15) is 14.3 Å². The number of hydrazone groups is 1. The van der Waals surface area contributed by atoms with Gasteiger partial charge in [-0.05, 0) is 51.1 Å². The van der Waals surface area contributed by atoms with Crippen molar-refractivity contribution in [3.05, 3.63) is 47.4 Å². The first-order valence-electron chi connectivity index (χ1n) is 10.1. The summed E-state index contributed by atoms with van der Waals surface area (Å²) < 4.78 is 24.6. The smallest absolute Gasteiger partial charge is 0.407 e. The molecule has 2 aromatic rings. The first-order chi connectivity index (χ1) is 15.5. The molecule has 0 saturated carbocycles. The average molecular weight is 481 g/mol. The van der Waals surface area contributed by atoms with Crippen LogP contribution in [0.25, 0.3) is 0 Å². The highest BCUT2D eigenvalue weighted by Gasteiger charge is 2.26. The standard InChI is InChI=1S/C21H26ClFN6O4/c1-21(2,3)33-20(31)25-14(12-30)10-18-26-29(27-28(18)4)15-5-7-16(8-6-15)32-19-17(23)9-13(22)11-24-19/h5-9,11,14,27,30H,10,12H2,1-4H3,(H,25,31). The van der Waals surface area contributed by atoms with Crippen molar-refractivity contribution in [2.75, 3.05) is 18.8 Å². The molecule has 3 rings (SSSR count). The van der Waals surface area contributed by atoms with Crippen molar-refractivity contribution < 1.29 is 23.8 Å². The van der Waals surface area contributed by atoms with E-state index in [1.54, 1.807) is 57.1 Å². The predicted molar refractivity (Wildman–Crippen MR) is 121 cm³/mol. The minimum Gasteiger partial charge on any atom is -0.444 e. The molecule has 1 aromatic carbocycles. The Morgan fingerprint density at radius 2 is 2.03 bits per heavy atom. The summed E-state index contributed by atoms with van der Waals surface area (Å²) in [5.41, 5.74) is 3.07. The van der Waals surface area contributed by atoms with Crippen LogP contribution in [0.4, 0.5) is 14.9 Å². The number of rotatable bonds is 7. The first-order valence-corrected chi connectivity index (χ1v) is 10.5. The zero-order valence-corrected chi connectivity index (χ0v) is 19.4. The number of nitrogens with zero attached hydrogens (tertiary/aromatic N) is 4. The number of hydrazine groups is 2. The summed E-state index contributed by atoms with van der Waals surface area (Å²) in [4.78, 5) is 15.8. The van der Waals surface area contributed by atoms with Gasteiger partial charge in [0.05, 0.1) is 23.4 Å². The molecule has 1 aliphatic heterocycles. The highest BCUT2D eigenvalue weighted by Crippen LogP contribution is 2.26. The van der Waals surface area contributed by atoms with E-state index in [0.717, 1.165) is 6.07 Å². The van der Waals surface area contributed by atoms with Gasteiger partial charge in [0.2, 0.25) is 0 Å². The van der Waals surface area contributed by atoms with Gasteiger partial charge in [-0.2, -0.15) is 5.12 Å². The monoisotopic (exact) mass is 480 g/mol. The highest BCUT2D eigenvalue weighted by molar-refractivity contribution is 6.30. The maximum atomic E-state index is 13.9. The molecule has 3 N–H and O–H groups in total. The van der Waals surface area contributed by atoms with Crippen molar-refractivity contribution in [2.45, 2.75) is 38.8 Å². The third-order valence-electron chi connectivity index (χ3n) is 4.29. The summed E-state index contributed by atoms with van der Waals surface area (Å²) in [6, 6.07) is 7.26. The third-order valence-corrected chi connectivity index (χ3v) is 4.49. The van der Waals surface area contributed by atoms with E-state index in [1.165, 1.54) is 11.3 Å². The summed E-state index contributed by atoms with van der Waals surface area (Å²) in [6.07, 6.45) is 0.944. The van der Waals surface area contributed by atoms with Gasteiger partial charge in [-0.3, -0.25) is 5.01 Å². The molecular formula is C21H26ClFN6O4. The Balaban J connectivity index is 1.63. The van der Waals surface area contributed by atoms with Crippen LogP contribution >= 0.6 is 11.6 Å². The van der Waals surface area contributed by atoms with E-state index in [1.807, 2.05) is 0 Å². The van der Waals surface area contributed by atoms with E-state index in [4.69, 9.17) is 21.1 Å². The van der Waals surface area contributed by atoms with E-state index in [0.29, 0.717) is 17.3 Å². The normalized spacial score (nSPS) is 14.7. The molecule has 12 heteroatoms. The van der Waals surface area contributed by atoms with Crippen molar-refractivity contribution in [1.29, 1.82) is 0 Å². The van der Waals surface area contributed by atoms with Crippen LogP contribution in [0, 0.1) is 5.82 Å². The number of hydrogen-bond donors (Lipinski definition) is 3. The topological polar surface area (TPSA) is 112 Å². The summed E-state index contributed by atoms with van der Waals surface area (Å²) in [7, 11) is 1.76. The van der Waals surface area contributed by atoms with Crippen molar-refractivity contribution in [1.82, 2.24) is 20.8 Å². The molecule has 1 aromatic heterocycles.